The van der Waals surface area contributed by atoms with Crippen LogP contribution in [0.2, 0.25) is 5.02 Å². The normalized spacial score (nSPS) is 12.2. The molecule has 0 spiro atoms. The maximum absolute atomic E-state index is 13.1. The number of esters is 1. The van der Waals surface area contributed by atoms with Gasteiger partial charge in [-0.15, -0.1) is 11.3 Å². The number of phenolic OH excluding ortho intramolecular Hbond substituents is 1. The average Bonchev–Trinajstić information content (AvgIpc) is 3.01. The van der Waals surface area contributed by atoms with Crippen LogP contribution in [0.5, 0.6) is 11.5 Å². The number of aromatic nitrogens is 1. The SMILES string of the molecule is CCOC(=O)/C=c1\s/c(=C\c2cc(Cl)c(O)c(OCC)c2)c(=O)n1CC(=O)N(CC)CC. The lowest BCUT2D eigenvalue weighted by Crippen LogP contribution is -2.40. The highest BCUT2D eigenvalue weighted by molar-refractivity contribution is 7.07. The van der Waals surface area contributed by atoms with Crippen LogP contribution in [-0.4, -0.2) is 52.8 Å². The van der Waals surface area contributed by atoms with Gasteiger partial charge in [0.1, 0.15) is 11.2 Å². The first-order chi connectivity index (χ1) is 15.2. The summed E-state index contributed by atoms with van der Waals surface area (Å²) >= 11 is 7.14. The van der Waals surface area contributed by atoms with Crippen LogP contribution in [0, 0.1) is 0 Å². The zero-order valence-electron chi connectivity index (χ0n) is 18.5. The van der Waals surface area contributed by atoms with E-state index in [4.69, 9.17) is 21.1 Å². The van der Waals surface area contributed by atoms with E-state index >= 15 is 0 Å². The number of thiazole rings is 1. The smallest absolute Gasteiger partial charge is 0.333 e. The van der Waals surface area contributed by atoms with Crippen molar-refractivity contribution in [2.24, 2.45) is 0 Å². The molecule has 10 heteroatoms. The van der Waals surface area contributed by atoms with Gasteiger partial charge in [-0.3, -0.25) is 14.2 Å². The molecule has 1 amide bonds. The van der Waals surface area contributed by atoms with Gasteiger partial charge >= 0.3 is 5.97 Å². The average molecular weight is 483 g/mol. The number of carbonyl (C=O) groups is 2. The van der Waals surface area contributed by atoms with Gasteiger partial charge < -0.3 is 19.5 Å². The van der Waals surface area contributed by atoms with E-state index in [2.05, 4.69) is 0 Å². The molecule has 0 unspecified atom stereocenters. The fraction of sp³-hybridized carbons (Fsp3) is 0.409. The molecule has 2 rings (SSSR count). The maximum atomic E-state index is 13.1. The molecular weight excluding hydrogens is 456 g/mol. The molecule has 1 aromatic carbocycles. The molecule has 0 saturated heterocycles. The van der Waals surface area contributed by atoms with Crippen molar-refractivity contribution in [1.29, 1.82) is 0 Å². The van der Waals surface area contributed by atoms with E-state index < -0.39 is 11.5 Å². The van der Waals surface area contributed by atoms with E-state index in [-0.39, 0.29) is 40.1 Å². The van der Waals surface area contributed by atoms with Gasteiger partial charge in [-0.05, 0) is 51.5 Å². The summed E-state index contributed by atoms with van der Waals surface area (Å²) in [5, 5.41) is 10.1. The van der Waals surface area contributed by atoms with Gasteiger partial charge in [0.2, 0.25) is 5.91 Å². The summed E-state index contributed by atoms with van der Waals surface area (Å²) in [6.45, 7) is 8.50. The highest BCUT2D eigenvalue weighted by Gasteiger charge is 2.15. The molecule has 1 N–H and O–H groups in total. The number of hydrogen-bond acceptors (Lipinski definition) is 7. The van der Waals surface area contributed by atoms with E-state index in [1.807, 2.05) is 13.8 Å². The van der Waals surface area contributed by atoms with Crippen LogP contribution in [-0.2, 0) is 20.9 Å². The van der Waals surface area contributed by atoms with Crippen LogP contribution in [0.25, 0.3) is 12.2 Å². The molecular formula is C22H27ClN2O6S. The lowest BCUT2D eigenvalue weighted by molar-refractivity contribution is -0.135. The Morgan fingerprint density at radius 2 is 1.88 bits per heavy atom. The van der Waals surface area contributed by atoms with E-state index in [1.165, 1.54) is 16.7 Å². The molecule has 0 bridgehead atoms. The number of nitrogens with zero attached hydrogens (tertiary/aromatic N) is 2. The molecule has 8 nitrogen and oxygen atoms in total. The lowest BCUT2D eigenvalue weighted by atomic mass is 10.2. The number of amides is 1. The molecule has 0 aliphatic heterocycles. The predicted molar refractivity (Wildman–Crippen MR) is 125 cm³/mol. The number of hydrogen-bond donors (Lipinski definition) is 1. The van der Waals surface area contributed by atoms with Crippen LogP contribution in [0.15, 0.2) is 16.9 Å². The Labute approximate surface area is 194 Å². The minimum absolute atomic E-state index is 0.0779. The van der Waals surface area contributed by atoms with E-state index in [9.17, 15) is 19.5 Å². The Morgan fingerprint density at radius 3 is 2.47 bits per heavy atom. The van der Waals surface area contributed by atoms with Gasteiger partial charge in [-0.1, -0.05) is 11.6 Å². The minimum atomic E-state index is -0.601. The fourth-order valence-electron chi connectivity index (χ4n) is 2.98. The van der Waals surface area contributed by atoms with Gasteiger partial charge in [0.15, 0.2) is 11.5 Å². The van der Waals surface area contributed by atoms with Crippen molar-refractivity contribution in [3.05, 3.63) is 42.3 Å². The van der Waals surface area contributed by atoms with Gasteiger partial charge in [0.05, 0.1) is 28.8 Å². The number of halogens is 1. The molecule has 1 heterocycles. The third-order valence-corrected chi connectivity index (χ3v) is 5.87. The second-order valence-corrected chi connectivity index (χ2v) is 8.05. The Hall–Kier alpha value is -2.78. The number of rotatable bonds is 9. The molecule has 0 radical (unpaired) electrons. The second-order valence-electron chi connectivity index (χ2n) is 6.59. The molecule has 0 aliphatic carbocycles. The summed E-state index contributed by atoms with van der Waals surface area (Å²) < 4.78 is 12.2. The first kappa shape index (κ1) is 25.5. The first-order valence-electron chi connectivity index (χ1n) is 10.3. The molecule has 2 aromatic rings. The standard InChI is InChI=1S/C22H27ClN2O6S/c1-5-24(6-2)18(26)13-25-19(12-20(27)31-8-4)32-17(22(25)29)11-14-9-15(23)21(28)16(10-14)30-7-3/h9-12,28H,5-8,13H2,1-4H3/b17-11-,19-12-. The van der Waals surface area contributed by atoms with Crippen LogP contribution < -0.4 is 19.5 Å². The Morgan fingerprint density at radius 1 is 1.19 bits per heavy atom. The van der Waals surface area contributed by atoms with Crippen molar-refractivity contribution < 1.29 is 24.2 Å². The minimum Gasteiger partial charge on any atom is -0.503 e. The second kappa shape index (κ2) is 11.7. The molecule has 0 aliphatic rings. The number of carbonyl (C=O) groups excluding carboxylic acids is 2. The van der Waals surface area contributed by atoms with Gasteiger partial charge in [-0.25, -0.2) is 4.79 Å². The summed E-state index contributed by atoms with van der Waals surface area (Å²) in [4.78, 5) is 39.4. The van der Waals surface area contributed by atoms with Crippen molar-refractivity contribution in [3.63, 3.8) is 0 Å². The quantitative estimate of drug-likeness (QED) is 0.546. The molecule has 0 saturated carbocycles. The van der Waals surface area contributed by atoms with Gasteiger partial charge in [0, 0.05) is 13.1 Å². The van der Waals surface area contributed by atoms with Crippen LogP contribution in [0.4, 0.5) is 0 Å². The third kappa shape index (κ3) is 6.14. The number of phenols is 1. The van der Waals surface area contributed by atoms with E-state index in [0.29, 0.717) is 29.9 Å². The first-order valence-corrected chi connectivity index (χ1v) is 11.5. The highest BCUT2D eigenvalue weighted by atomic mass is 35.5. The van der Waals surface area contributed by atoms with Crippen molar-refractivity contribution in [2.75, 3.05) is 26.3 Å². The molecule has 174 valence electrons. The van der Waals surface area contributed by atoms with Crippen molar-refractivity contribution in [1.82, 2.24) is 9.47 Å². The summed E-state index contributed by atoms with van der Waals surface area (Å²) in [6, 6.07) is 3.06. The van der Waals surface area contributed by atoms with Crippen molar-refractivity contribution in [3.8, 4) is 11.5 Å². The number of benzene rings is 1. The Kier molecular flexibility index (Phi) is 9.34. The van der Waals surface area contributed by atoms with Gasteiger partial charge in [-0.2, -0.15) is 0 Å². The van der Waals surface area contributed by atoms with Crippen LogP contribution in [0.1, 0.15) is 33.3 Å². The number of aromatic hydroxyl groups is 1. The summed E-state index contributed by atoms with van der Waals surface area (Å²) in [5.74, 6) is -0.824. The molecule has 0 atom stereocenters. The fourth-order valence-corrected chi connectivity index (χ4v) is 4.23. The topological polar surface area (TPSA) is 98.1 Å². The molecule has 32 heavy (non-hydrogen) atoms. The Balaban J connectivity index is 2.65. The predicted octanol–water partition coefficient (Wildman–Crippen LogP) is 1.71. The number of ether oxygens (including phenoxy) is 2. The largest absolute Gasteiger partial charge is 0.503 e. The van der Waals surface area contributed by atoms with E-state index in [0.717, 1.165) is 11.3 Å². The lowest BCUT2D eigenvalue weighted by Gasteiger charge is -2.18. The summed E-state index contributed by atoms with van der Waals surface area (Å²) in [7, 11) is 0. The summed E-state index contributed by atoms with van der Waals surface area (Å²) in [6.07, 6.45) is 2.78. The molecule has 0 fully saturated rings. The van der Waals surface area contributed by atoms with Crippen molar-refractivity contribution in [2.45, 2.75) is 34.2 Å². The Bertz CT molecular complexity index is 1150. The highest BCUT2D eigenvalue weighted by Crippen LogP contribution is 2.35. The molecule has 1 aromatic heterocycles. The number of likely N-dealkylation sites (N-methyl/N-ethyl adjacent to an activating group) is 1. The van der Waals surface area contributed by atoms with Gasteiger partial charge in [0.25, 0.3) is 5.56 Å². The third-order valence-electron chi connectivity index (χ3n) is 4.52. The van der Waals surface area contributed by atoms with Crippen LogP contribution in [0.3, 0.4) is 0 Å². The summed E-state index contributed by atoms with van der Waals surface area (Å²) in [5.41, 5.74) is 0.104. The maximum Gasteiger partial charge on any atom is 0.333 e. The monoisotopic (exact) mass is 482 g/mol. The van der Waals surface area contributed by atoms with Crippen LogP contribution >= 0.6 is 22.9 Å². The zero-order valence-corrected chi connectivity index (χ0v) is 20.1. The van der Waals surface area contributed by atoms with E-state index in [1.54, 1.807) is 30.9 Å². The zero-order chi connectivity index (χ0) is 23.8. The van der Waals surface area contributed by atoms with Crippen molar-refractivity contribution >= 4 is 47.0 Å².